The summed E-state index contributed by atoms with van der Waals surface area (Å²) in [6.45, 7) is 5.71. The Bertz CT molecular complexity index is 816. The number of benzene rings is 1. The molecule has 1 aromatic heterocycles. The molecule has 3 rings (SSSR count). The number of likely N-dealkylation sites (tertiary alicyclic amines) is 1. The summed E-state index contributed by atoms with van der Waals surface area (Å²) in [4.78, 5) is 11.2. The van der Waals surface area contributed by atoms with E-state index >= 15 is 0 Å². The zero-order valence-corrected chi connectivity index (χ0v) is 17.9. The van der Waals surface area contributed by atoms with Gasteiger partial charge in [-0.1, -0.05) is 35.3 Å². The predicted molar refractivity (Wildman–Crippen MR) is 117 cm³/mol. The average molecular weight is 420 g/mol. The Hall–Kier alpha value is -1.82. The highest BCUT2D eigenvalue weighted by atomic mass is 35.5. The van der Waals surface area contributed by atoms with Crippen molar-refractivity contribution in [3.8, 4) is 0 Å². The van der Waals surface area contributed by atoms with Gasteiger partial charge in [0.1, 0.15) is 0 Å². The lowest BCUT2D eigenvalue weighted by atomic mass is 10.0. The van der Waals surface area contributed by atoms with Gasteiger partial charge in [0.05, 0.1) is 22.3 Å². The number of aryl methyl sites for hydroxylation is 1. The number of aliphatic imine (C=N–C) groups is 1. The summed E-state index contributed by atoms with van der Waals surface area (Å²) in [5.74, 6) is 0.827. The van der Waals surface area contributed by atoms with Crippen LogP contribution in [-0.2, 0) is 13.1 Å². The highest BCUT2D eigenvalue weighted by Gasteiger charge is 2.20. The van der Waals surface area contributed by atoms with Crippen LogP contribution in [0, 0.1) is 6.92 Å². The zero-order chi connectivity index (χ0) is 19.9. The second-order valence-corrected chi connectivity index (χ2v) is 7.95. The van der Waals surface area contributed by atoms with Gasteiger partial charge in [0.2, 0.25) is 0 Å². The fraction of sp³-hybridized carbons (Fsp3) is 0.429. The molecule has 1 saturated heterocycles. The standard InChI is InChI=1S/C21H27Cl2N5/c1-15-4-3-9-25-20(15)13-26-21(24-2)27-17-7-10-28(11-8-17)14-16-5-6-18(22)19(23)12-16/h3-6,9,12,17H,7-8,10-11,13-14H2,1-2H3,(H2,24,26,27). The molecule has 7 heteroatoms. The van der Waals surface area contributed by atoms with E-state index in [9.17, 15) is 0 Å². The molecule has 2 N–H and O–H groups in total. The minimum atomic E-state index is 0.418. The number of guanidine groups is 1. The highest BCUT2D eigenvalue weighted by Crippen LogP contribution is 2.24. The van der Waals surface area contributed by atoms with Crippen molar-refractivity contribution in [1.29, 1.82) is 0 Å². The second-order valence-electron chi connectivity index (χ2n) is 7.14. The molecule has 0 radical (unpaired) electrons. The highest BCUT2D eigenvalue weighted by molar-refractivity contribution is 6.42. The van der Waals surface area contributed by atoms with Gasteiger partial charge in [0.15, 0.2) is 5.96 Å². The van der Waals surface area contributed by atoms with Crippen LogP contribution in [0.1, 0.15) is 29.7 Å². The van der Waals surface area contributed by atoms with Crippen LogP contribution in [0.5, 0.6) is 0 Å². The molecule has 1 fully saturated rings. The molecule has 28 heavy (non-hydrogen) atoms. The van der Waals surface area contributed by atoms with Crippen molar-refractivity contribution in [2.24, 2.45) is 4.99 Å². The van der Waals surface area contributed by atoms with Crippen LogP contribution < -0.4 is 10.6 Å². The summed E-state index contributed by atoms with van der Waals surface area (Å²) < 4.78 is 0. The number of nitrogens with zero attached hydrogens (tertiary/aromatic N) is 3. The van der Waals surface area contributed by atoms with Gasteiger partial charge in [-0.25, -0.2) is 0 Å². The van der Waals surface area contributed by atoms with Crippen LogP contribution in [0.25, 0.3) is 0 Å². The SMILES string of the molecule is CN=C(NCc1ncccc1C)NC1CCN(Cc2ccc(Cl)c(Cl)c2)CC1. The van der Waals surface area contributed by atoms with Crippen molar-refractivity contribution in [2.45, 2.75) is 38.9 Å². The van der Waals surface area contributed by atoms with Crippen molar-refractivity contribution >= 4 is 29.2 Å². The van der Waals surface area contributed by atoms with E-state index in [0.29, 0.717) is 22.6 Å². The largest absolute Gasteiger partial charge is 0.354 e. The first-order valence-corrected chi connectivity index (χ1v) is 10.3. The molecule has 1 aliphatic heterocycles. The number of hydrogen-bond donors (Lipinski definition) is 2. The molecule has 0 bridgehead atoms. The summed E-state index contributed by atoms with van der Waals surface area (Å²) in [6, 6.07) is 10.3. The Balaban J connectivity index is 1.45. The maximum Gasteiger partial charge on any atom is 0.191 e. The van der Waals surface area contributed by atoms with Crippen LogP contribution in [0.3, 0.4) is 0 Å². The summed E-state index contributed by atoms with van der Waals surface area (Å²) in [5, 5.41) is 8.14. The minimum absolute atomic E-state index is 0.418. The van der Waals surface area contributed by atoms with Gasteiger partial charge in [0.25, 0.3) is 0 Å². The van der Waals surface area contributed by atoms with Gasteiger partial charge >= 0.3 is 0 Å². The number of halogens is 2. The van der Waals surface area contributed by atoms with Gasteiger partial charge in [-0.15, -0.1) is 0 Å². The molecule has 0 unspecified atom stereocenters. The molecule has 150 valence electrons. The second kappa shape index (κ2) is 10.1. The Kier molecular flexibility index (Phi) is 7.54. The van der Waals surface area contributed by atoms with E-state index < -0.39 is 0 Å². The summed E-state index contributed by atoms with van der Waals surface area (Å²) >= 11 is 12.1. The minimum Gasteiger partial charge on any atom is -0.354 e. The molecule has 0 spiro atoms. The van der Waals surface area contributed by atoms with Crippen LogP contribution in [0.15, 0.2) is 41.5 Å². The molecule has 2 aromatic rings. The van der Waals surface area contributed by atoms with E-state index in [1.807, 2.05) is 30.5 Å². The maximum atomic E-state index is 6.13. The lowest BCUT2D eigenvalue weighted by Gasteiger charge is -2.33. The summed E-state index contributed by atoms with van der Waals surface area (Å²) in [7, 11) is 1.81. The maximum absolute atomic E-state index is 6.13. The van der Waals surface area contributed by atoms with Crippen LogP contribution in [-0.4, -0.2) is 42.0 Å². The van der Waals surface area contributed by atoms with Crippen LogP contribution in [0.2, 0.25) is 10.0 Å². The van der Waals surface area contributed by atoms with E-state index in [1.54, 1.807) is 7.05 Å². The predicted octanol–water partition coefficient (Wildman–Crippen LogP) is 4.03. The van der Waals surface area contributed by atoms with Crippen molar-refractivity contribution in [3.05, 3.63) is 63.4 Å². The molecular weight excluding hydrogens is 393 g/mol. The first kappa shape index (κ1) is 20.9. The summed E-state index contributed by atoms with van der Waals surface area (Å²) in [5.41, 5.74) is 3.42. The molecule has 0 aliphatic carbocycles. The molecule has 1 aliphatic rings. The van der Waals surface area contributed by atoms with Crippen molar-refractivity contribution in [1.82, 2.24) is 20.5 Å². The Morgan fingerprint density at radius 1 is 1.21 bits per heavy atom. The van der Waals surface area contributed by atoms with Crippen molar-refractivity contribution < 1.29 is 0 Å². The van der Waals surface area contributed by atoms with E-state index in [2.05, 4.69) is 38.5 Å². The number of piperidine rings is 1. The third-order valence-electron chi connectivity index (χ3n) is 5.08. The molecule has 0 amide bonds. The monoisotopic (exact) mass is 419 g/mol. The van der Waals surface area contributed by atoms with E-state index in [4.69, 9.17) is 23.2 Å². The number of nitrogens with one attached hydrogen (secondary N) is 2. The topological polar surface area (TPSA) is 52.6 Å². The number of pyridine rings is 1. The molecule has 0 saturated carbocycles. The molecule has 5 nitrogen and oxygen atoms in total. The third kappa shape index (κ3) is 5.84. The van der Waals surface area contributed by atoms with E-state index in [1.165, 1.54) is 11.1 Å². The Morgan fingerprint density at radius 2 is 2.00 bits per heavy atom. The fourth-order valence-corrected chi connectivity index (χ4v) is 3.71. The van der Waals surface area contributed by atoms with Gasteiger partial charge in [-0.2, -0.15) is 0 Å². The number of rotatable bonds is 5. The van der Waals surface area contributed by atoms with E-state index in [0.717, 1.165) is 44.1 Å². The van der Waals surface area contributed by atoms with Crippen LogP contribution in [0.4, 0.5) is 0 Å². The van der Waals surface area contributed by atoms with Crippen LogP contribution >= 0.6 is 23.2 Å². The first-order chi connectivity index (χ1) is 13.5. The fourth-order valence-electron chi connectivity index (χ4n) is 3.39. The lowest BCUT2D eigenvalue weighted by Crippen LogP contribution is -2.48. The Morgan fingerprint density at radius 3 is 2.68 bits per heavy atom. The van der Waals surface area contributed by atoms with Gasteiger partial charge in [-0.3, -0.25) is 14.9 Å². The quantitative estimate of drug-likeness (QED) is 0.567. The third-order valence-corrected chi connectivity index (χ3v) is 5.82. The molecule has 2 heterocycles. The lowest BCUT2D eigenvalue weighted by molar-refractivity contribution is 0.198. The molecule has 1 aromatic carbocycles. The van der Waals surface area contributed by atoms with Gasteiger partial charge in [0, 0.05) is 38.9 Å². The van der Waals surface area contributed by atoms with Crippen molar-refractivity contribution in [3.63, 3.8) is 0 Å². The normalized spacial score (nSPS) is 16.2. The number of aromatic nitrogens is 1. The zero-order valence-electron chi connectivity index (χ0n) is 16.4. The van der Waals surface area contributed by atoms with Gasteiger partial charge < -0.3 is 10.6 Å². The van der Waals surface area contributed by atoms with Gasteiger partial charge in [-0.05, 0) is 49.1 Å². The van der Waals surface area contributed by atoms with Crippen molar-refractivity contribution in [2.75, 3.05) is 20.1 Å². The first-order valence-electron chi connectivity index (χ1n) is 9.59. The average Bonchev–Trinajstić information content (AvgIpc) is 2.70. The smallest absolute Gasteiger partial charge is 0.191 e. The number of hydrogen-bond acceptors (Lipinski definition) is 3. The molecular formula is C21H27Cl2N5. The molecule has 0 atom stereocenters. The summed E-state index contributed by atoms with van der Waals surface area (Å²) in [6.07, 6.45) is 3.97. The van der Waals surface area contributed by atoms with E-state index in [-0.39, 0.29) is 0 Å². The Labute approximate surface area is 177 Å².